The molecule has 5 heteroatoms. The molecule has 5 nitrogen and oxygen atoms in total. The van der Waals surface area contributed by atoms with Crippen LogP contribution >= 0.6 is 0 Å². The number of hydrogen-bond donors (Lipinski definition) is 0. The summed E-state index contributed by atoms with van der Waals surface area (Å²) in [5, 5.41) is 8.63. The third-order valence-electron chi connectivity index (χ3n) is 5.75. The summed E-state index contributed by atoms with van der Waals surface area (Å²) in [6.45, 7) is 7.21. The molecule has 0 aromatic carbocycles. The van der Waals surface area contributed by atoms with E-state index in [9.17, 15) is 4.79 Å². The Hall–Kier alpha value is -1.39. The second-order valence-corrected chi connectivity index (χ2v) is 8.00. The number of likely N-dealkylation sites (tertiary alicyclic amines) is 1. The van der Waals surface area contributed by atoms with Crippen molar-refractivity contribution in [2.75, 3.05) is 13.1 Å². The van der Waals surface area contributed by atoms with Crippen LogP contribution < -0.4 is 0 Å². The van der Waals surface area contributed by atoms with E-state index in [4.69, 9.17) is 0 Å². The van der Waals surface area contributed by atoms with E-state index in [-0.39, 0.29) is 5.41 Å². The van der Waals surface area contributed by atoms with E-state index in [2.05, 4.69) is 33.5 Å². The molecular formula is C17H26N4O. The Morgan fingerprint density at radius 2 is 2.18 bits per heavy atom. The van der Waals surface area contributed by atoms with Crippen LogP contribution in [0.2, 0.25) is 0 Å². The standard InChI is InChI=1S/C17H26N4O/c1-12(2)8-21-11-18-19-15(21)14-9-20(16(22)13-4-5-13)10-17(14)6-3-7-17/h11-14H,3-10H2,1-2H3. The predicted octanol–water partition coefficient (Wildman–Crippen LogP) is 2.44. The fraction of sp³-hybridized carbons (Fsp3) is 0.824. The molecule has 1 spiro atoms. The lowest BCUT2D eigenvalue weighted by molar-refractivity contribution is -0.132. The van der Waals surface area contributed by atoms with Gasteiger partial charge in [-0.15, -0.1) is 10.2 Å². The molecule has 0 bridgehead atoms. The zero-order valence-electron chi connectivity index (χ0n) is 13.7. The lowest BCUT2D eigenvalue weighted by atomic mass is 9.62. The van der Waals surface area contributed by atoms with E-state index in [0.717, 1.165) is 38.3 Å². The Morgan fingerprint density at radius 1 is 1.41 bits per heavy atom. The van der Waals surface area contributed by atoms with E-state index in [0.29, 0.717) is 23.7 Å². The minimum absolute atomic E-state index is 0.284. The van der Waals surface area contributed by atoms with Crippen molar-refractivity contribution in [1.29, 1.82) is 0 Å². The first kappa shape index (κ1) is 14.2. The fourth-order valence-corrected chi connectivity index (χ4v) is 4.29. The van der Waals surface area contributed by atoms with Crippen LogP contribution in [0.3, 0.4) is 0 Å². The lowest BCUT2D eigenvalue weighted by Crippen LogP contribution is -2.38. The Balaban J connectivity index is 1.59. The first-order valence-electron chi connectivity index (χ1n) is 8.75. The van der Waals surface area contributed by atoms with Crippen LogP contribution in [-0.4, -0.2) is 38.7 Å². The summed E-state index contributed by atoms with van der Waals surface area (Å²) in [7, 11) is 0. The summed E-state index contributed by atoms with van der Waals surface area (Å²) < 4.78 is 2.22. The molecule has 22 heavy (non-hydrogen) atoms. The summed E-state index contributed by atoms with van der Waals surface area (Å²) in [5.41, 5.74) is 0.284. The van der Waals surface area contributed by atoms with Crippen molar-refractivity contribution < 1.29 is 4.79 Å². The monoisotopic (exact) mass is 302 g/mol. The van der Waals surface area contributed by atoms with Crippen molar-refractivity contribution in [1.82, 2.24) is 19.7 Å². The number of nitrogens with zero attached hydrogens (tertiary/aromatic N) is 4. The first-order chi connectivity index (χ1) is 10.6. The minimum atomic E-state index is 0.284. The van der Waals surface area contributed by atoms with E-state index in [1.165, 1.54) is 19.3 Å². The van der Waals surface area contributed by atoms with Gasteiger partial charge < -0.3 is 9.47 Å². The Bertz CT molecular complexity index is 571. The quantitative estimate of drug-likeness (QED) is 0.858. The zero-order chi connectivity index (χ0) is 15.3. The molecule has 3 aliphatic rings. The molecule has 120 valence electrons. The highest BCUT2D eigenvalue weighted by atomic mass is 16.2. The fourth-order valence-electron chi connectivity index (χ4n) is 4.29. The zero-order valence-corrected chi connectivity index (χ0v) is 13.7. The maximum absolute atomic E-state index is 12.5. The van der Waals surface area contributed by atoms with Gasteiger partial charge in [0, 0.05) is 31.5 Å². The molecule has 0 radical (unpaired) electrons. The molecule has 2 aliphatic carbocycles. The minimum Gasteiger partial charge on any atom is -0.341 e. The highest BCUT2D eigenvalue weighted by Gasteiger charge is 2.54. The highest BCUT2D eigenvalue weighted by molar-refractivity contribution is 5.81. The van der Waals surface area contributed by atoms with Crippen LogP contribution in [0.1, 0.15) is 57.7 Å². The first-order valence-corrected chi connectivity index (χ1v) is 8.75. The van der Waals surface area contributed by atoms with Gasteiger partial charge >= 0.3 is 0 Å². The molecule has 1 saturated heterocycles. The van der Waals surface area contributed by atoms with Crippen LogP contribution in [0.15, 0.2) is 6.33 Å². The average molecular weight is 302 g/mol. The van der Waals surface area contributed by atoms with E-state index < -0.39 is 0 Å². The molecule has 3 fully saturated rings. The Kier molecular flexibility index (Phi) is 3.27. The van der Waals surface area contributed by atoms with Crippen LogP contribution in [0.5, 0.6) is 0 Å². The number of hydrogen-bond acceptors (Lipinski definition) is 3. The van der Waals surface area contributed by atoms with E-state index >= 15 is 0 Å². The third kappa shape index (κ3) is 2.25. The molecule has 0 N–H and O–H groups in total. The summed E-state index contributed by atoms with van der Waals surface area (Å²) >= 11 is 0. The Morgan fingerprint density at radius 3 is 2.77 bits per heavy atom. The van der Waals surface area contributed by atoms with Crippen molar-refractivity contribution >= 4 is 5.91 Å². The molecule has 1 atom stereocenters. The van der Waals surface area contributed by atoms with Gasteiger partial charge in [0.2, 0.25) is 5.91 Å². The van der Waals surface area contributed by atoms with Crippen molar-refractivity contribution in [3.8, 4) is 0 Å². The molecule has 1 aromatic heterocycles. The second-order valence-electron chi connectivity index (χ2n) is 8.00. The molecule has 4 rings (SSSR count). The molecule has 1 aliphatic heterocycles. The van der Waals surface area contributed by atoms with Gasteiger partial charge in [0.05, 0.1) is 0 Å². The van der Waals surface area contributed by atoms with Crippen LogP contribution in [-0.2, 0) is 11.3 Å². The summed E-state index contributed by atoms with van der Waals surface area (Å²) in [6, 6.07) is 0. The van der Waals surface area contributed by atoms with Gasteiger partial charge in [-0.1, -0.05) is 20.3 Å². The van der Waals surface area contributed by atoms with Crippen molar-refractivity contribution in [2.45, 2.75) is 58.4 Å². The van der Waals surface area contributed by atoms with Gasteiger partial charge in [-0.25, -0.2) is 0 Å². The highest BCUT2D eigenvalue weighted by Crippen LogP contribution is 2.56. The lowest BCUT2D eigenvalue weighted by Gasteiger charge is -2.42. The average Bonchev–Trinajstić information content (AvgIpc) is 3.05. The number of carbonyl (C=O) groups excluding carboxylic acids is 1. The molecule has 1 amide bonds. The maximum Gasteiger partial charge on any atom is 0.225 e. The summed E-state index contributed by atoms with van der Waals surface area (Å²) in [4.78, 5) is 14.6. The topological polar surface area (TPSA) is 51.0 Å². The molecule has 1 aromatic rings. The number of carbonyl (C=O) groups is 1. The third-order valence-corrected chi connectivity index (χ3v) is 5.75. The summed E-state index contributed by atoms with van der Waals surface area (Å²) in [6.07, 6.45) is 7.82. The second kappa shape index (κ2) is 5.07. The maximum atomic E-state index is 12.5. The van der Waals surface area contributed by atoms with Gasteiger partial charge in [-0.05, 0) is 37.0 Å². The SMILES string of the molecule is CC(C)Cn1cnnc1C1CN(C(=O)C2CC2)CC12CCC2. The molecule has 2 heterocycles. The Labute approximate surface area is 132 Å². The number of aromatic nitrogens is 3. The number of amides is 1. The smallest absolute Gasteiger partial charge is 0.225 e. The summed E-state index contributed by atoms with van der Waals surface area (Å²) in [5.74, 6) is 2.79. The van der Waals surface area contributed by atoms with Crippen molar-refractivity contribution in [2.24, 2.45) is 17.3 Å². The van der Waals surface area contributed by atoms with Crippen molar-refractivity contribution in [3.05, 3.63) is 12.2 Å². The largest absolute Gasteiger partial charge is 0.341 e. The van der Waals surface area contributed by atoms with Gasteiger partial charge in [-0.3, -0.25) is 4.79 Å². The normalized spacial score (nSPS) is 26.7. The van der Waals surface area contributed by atoms with Crippen LogP contribution in [0.25, 0.3) is 0 Å². The van der Waals surface area contributed by atoms with Crippen LogP contribution in [0, 0.1) is 17.3 Å². The van der Waals surface area contributed by atoms with Gasteiger partial charge in [0.1, 0.15) is 12.2 Å². The van der Waals surface area contributed by atoms with E-state index in [1.807, 2.05) is 6.33 Å². The number of rotatable bonds is 4. The van der Waals surface area contributed by atoms with Gasteiger partial charge in [0.15, 0.2) is 0 Å². The van der Waals surface area contributed by atoms with Crippen molar-refractivity contribution in [3.63, 3.8) is 0 Å². The molecule has 1 unspecified atom stereocenters. The van der Waals surface area contributed by atoms with E-state index in [1.54, 1.807) is 0 Å². The van der Waals surface area contributed by atoms with Gasteiger partial charge in [-0.2, -0.15) is 0 Å². The molecule has 2 saturated carbocycles. The molecular weight excluding hydrogens is 276 g/mol. The van der Waals surface area contributed by atoms with Gasteiger partial charge in [0.25, 0.3) is 0 Å². The predicted molar refractivity (Wildman–Crippen MR) is 83.2 cm³/mol. The van der Waals surface area contributed by atoms with Crippen LogP contribution in [0.4, 0.5) is 0 Å².